The molecule has 0 fully saturated rings. The highest BCUT2D eigenvalue weighted by Gasteiger charge is 2.31. The molecule has 0 saturated heterocycles. The number of hydrogen-bond donors (Lipinski definition) is 0. The molecule has 9 nitrogen and oxygen atoms in total. The summed E-state index contributed by atoms with van der Waals surface area (Å²) in [4.78, 5) is 31.5. The number of thiazole rings is 1. The molecule has 0 N–H and O–H groups in total. The molecule has 0 radical (unpaired) electrons. The molecule has 1 atom stereocenters. The third-order valence-electron chi connectivity index (χ3n) is 5.61. The number of nitriles is 1. The highest BCUT2D eigenvalue weighted by Crippen LogP contribution is 2.35. The molecule has 202 valence electrons. The predicted molar refractivity (Wildman–Crippen MR) is 163 cm³/mol. The molecule has 1 aliphatic heterocycles. The SMILES string of the molecule is CCOc1ccc([C@H]2C(C(=O)OC)=CN=c3s/c(=C/c4cc(I)cc(I)c4OCC#N)c(=O)n32)cc1OCC. The molecular weight excluding hydrogens is 748 g/mol. The number of rotatable bonds is 9. The van der Waals surface area contributed by atoms with E-state index in [0.29, 0.717) is 50.9 Å². The van der Waals surface area contributed by atoms with Crippen LogP contribution in [0.1, 0.15) is 31.0 Å². The van der Waals surface area contributed by atoms with Gasteiger partial charge < -0.3 is 18.9 Å². The van der Waals surface area contributed by atoms with Crippen LogP contribution in [0.2, 0.25) is 0 Å². The summed E-state index contributed by atoms with van der Waals surface area (Å²) in [5, 5.41) is 9.02. The van der Waals surface area contributed by atoms with E-state index in [1.54, 1.807) is 24.3 Å². The summed E-state index contributed by atoms with van der Waals surface area (Å²) in [5.41, 5.74) is 1.19. The van der Waals surface area contributed by atoms with Crippen molar-refractivity contribution in [3.63, 3.8) is 0 Å². The van der Waals surface area contributed by atoms with Gasteiger partial charge >= 0.3 is 5.97 Å². The highest BCUT2D eigenvalue weighted by molar-refractivity contribution is 14.1. The van der Waals surface area contributed by atoms with Gasteiger partial charge in [-0.05, 0) is 94.9 Å². The molecule has 2 heterocycles. The Morgan fingerprint density at radius 3 is 2.59 bits per heavy atom. The van der Waals surface area contributed by atoms with E-state index in [1.165, 1.54) is 29.2 Å². The van der Waals surface area contributed by atoms with Crippen LogP contribution in [0.25, 0.3) is 6.08 Å². The van der Waals surface area contributed by atoms with Crippen molar-refractivity contribution in [1.82, 2.24) is 4.57 Å². The van der Waals surface area contributed by atoms with Crippen LogP contribution < -0.4 is 29.1 Å². The van der Waals surface area contributed by atoms with Crippen molar-refractivity contribution in [3.05, 3.63) is 80.1 Å². The summed E-state index contributed by atoms with van der Waals surface area (Å²) in [5.74, 6) is 0.998. The minimum absolute atomic E-state index is 0.124. The first kappa shape index (κ1) is 29.1. The van der Waals surface area contributed by atoms with Crippen LogP contribution in [0, 0.1) is 18.5 Å². The van der Waals surface area contributed by atoms with Crippen LogP contribution in [0.3, 0.4) is 0 Å². The van der Waals surface area contributed by atoms with E-state index in [-0.39, 0.29) is 17.7 Å². The summed E-state index contributed by atoms with van der Waals surface area (Å²) in [7, 11) is 1.29. The number of carbonyl (C=O) groups excluding carboxylic acids is 1. The zero-order valence-electron chi connectivity index (χ0n) is 21.2. The zero-order chi connectivity index (χ0) is 28.1. The number of carbonyl (C=O) groups is 1. The molecule has 0 bridgehead atoms. The van der Waals surface area contributed by atoms with E-state index in [1.807, 2.05) is 32.0 Å². The van der Waals surface area contributed by atoms with E-state index in [2.05, 4.69) is 50.2 Å². The fourth-order valence-electron chi connectivity index (χ4n) is 4.07. The molecule has 2 aromatic carbocycles. The van der Waals surface area contributed by atoms with Gasteiger partial charge in [-0.3, -0.25) is 9.36 Å². The van der Waals surface area contributed by atoms with Crippen LogP contribution in [0.15, 0.2) is 51.9 Å². The minimum Gasteiger partial charge on any atom is -0.490 e. The predicted octanol–water partition coefficient (Wildman–Crippen LogP) is 3.93. The maximum absolute atomic E-state index is 13.9. The van der Waals surface area contributed by atoms with Crippen LogP contribution in [-0.2, 0) is 9.53 Å². The van der Waals surface area contributed by atoms with Crippen LogP contribution >= 0.6 is 56.5 Å². The lowest BCUT2D eigenvalue weighted by Gasteiger charge is -2.23. The molecule has 4 rings (SSSR count). The topological polar surface area (TPSA) is 112 Å². The Bertz CT molecular complexity index is 1670. The average molecular weight is 771 g/mol. The number of methoxy groups -OCH3 is 1. The second kappa shape index (κ2) is 13.0. The molecule has 39 heavy (non-hydrogen) atoms. The molecule has 1 aliphatic rings. The standard InChI is InChI=1S/C27H23I2N3O6S/c1-4-36-20-7-6-15(11-21(20)37-5-2)23-18(26(34)35-3)14-31-27-32(23)25(33)22(39-27)12-16-10-17(28)13-19(29)24(16)38-9-8-30/h6-7,10-14,23H,4-5,9H2,1-3H3/b22-12+/t23-/m0/s1. The third-order valence-corrected chi connectivity index (χ3v) is 8.03. The van der Waals surface area contributed by atoms with Crippen molar-refractivity contribution in [1.29, 1.82) is 5.26 Å². The second-order valence-electron chi connectivity index (χ2n) is 8.00. The van der Waals surface area contributed by atoms with E-state index < -0.39 is 12.0 Å². The maximum atomic E-state index is 13.9. The molecule has 0 saturated carbocycles. The van der Waals surface area contributed by atoms with Gasteiger partial charge in [0.25, 0.3) is 5.56 Å². The first-order valence-corrected chi connectivity index (χ1v) is 14.8. The minimum atomic E-state index is -0.795. The lowest BCUT2D eigenvalue weighted by Crippen LogP contribution is -2.39. The fourth-order valence-corrected chi connectivity index (χ4v) is 7.08. The molecule has 1 aromatic heterocycles. The summed E-state index contributed by atoms with van der Waals surface area (Å²) in [6, 6.07) is 10.3. The summed E-state index contributed by atoms with van der Waals surface area (Å²) in [6.45, 7) is 4.49. The average Bonchev–Trinajstić information content (AvgIpc) is 3.23. The Balaban J connectivity index is 1.93. The highest BCUT2D eigenvalue weighted by atomic mass is 127. The summed E-state index contributed by atoms with van der Waals surface area (Å²) in [6.07, 6.45) is 3.17. The Kier molecular flexibility index (Phi) is 9.67. The van der Waals surface area contributed by atoms with Gasteiger partial charge in [-0.1, -0.05) is 17.4 Å². The van der Waals surface area contributed by atoms with E-state index in [4.69, 9.17) is 24.2 Å². The number of hydrogen-bond acceptors (Lipinski definition) is 9. The van der Waals surface area contributed by atoms with Gasteiger partial charge in [-0.25, -0.2) is 9.79 Å². The number of esters is 1. The Morgan fingerprint density at radius 2 is 1.90 bits per heavy atom. The van der Waals surface area contributed by atoms with E-state index in [0.717, 1.165) is 7.14 Å². The third kappa shape index (κ3) is 6.15. The molecular formula is C27H23I2N3O6S. The number of ether oxygens (including phenoxy) is 4. The number of nitrogens with zero attached hydrogens (tertiary/aromatic N) is 3. The normalized spacial score (nSPS) is 14.5. The number of benzene rings is 2. The van der Waals surface area contributed by atoms with Crippen LogP contribution in [0.5, 0.6) is 17.2 Å². The van der Waals surface area contributed by atoms with E-state index in [9.17, 15) is 9.59 Å². The van der Waals surface area contributed by atoms with Crippen molar-refractivity contribution in [2.45, 2.75) is 19.9 Å². The fraction of sp³-hybridized carbons (Fsp3) is 0.259. The molecule has 12 heteroatoms. The van der Waals surface area contributed by atoms with Crippen molar-refractivity contribution in [3.8, 4) is 23.3 Å². The van der Waals surface area contributed by atoms with Gasteiger partial charge in [-0.2, -0.15) is 5.26 Å². The first-order chi connectivity index (χ1) is 18.8. The summed E-state index contributed by atoms with van der Waals surface area (Å²) < 4.78 is 25.9. The Labute approximate surface area is 255 Å². The van der Waals surface area contributed by atoms with E-state index >= 15 is 0 Å². The molecule has 0 amide bonds. The molecule has 0 spiro atoms. The zero-order valence-corrected chi connectivity index (χ0v) is 26.3. The van der Waals surface area contributed by atoms with Crippen molar-refractivity contribution in [2.75, 3.05) is 26.9 Å². The number of halogens is 2. The monoisotopic (exact) mass is 771 g/mol. The molecule has 0 aliphatic carbocycles. The smallest absolute Gasteiger partial charge is 0.337 e. The Morgan fingerprint density at radius 1 is 1.15 bits per heavy atom. The summed E-state index contributed by atoms with van der Waals surface area (Å²) >= 11 is 5.53. The van der Waals surface area contributed by atoms with Crippen molar-refractivity contribution >= 4 is 68.6 Å². The number of aromatic nitrogens is 1. The van der Waals surface area contributed by atoms with Crippen LogP contribution in [0.4, 0.5) is 0 Å². The quantitative estimate of drug-likeness (QED) is 0.240. The largest absolute Gasteiger partial charge is 0.490 e. The van der Waals surface area contributed by atoms with Gasteiger partial charge in [-0.15, -0.1) is 0 Å². The van der Waals surface area contributed by atoms with Gasteiger partial charge in [0.2, 0.25) is 0 Å². The molecule has 3 aromatic rings. The van der Waals surface area contributed by atoms with Crippen molar-refractivity contribution in [2.24, 2.45) is 4.99 Å². The lowest BCUT2D eigenvalue weighted by atomic mass is 9.97. The maximum Gasteiger partial charge on any atom is 0.337 e. The van der Waals surface area contributed by atoms with Gasteiger partial charge in [0.1, 0.15) is 11.8 Å². The van der Waals surface area contributed by atoms with Crippen LogP contribution in [-0.4, -0.2) is 37.5 Å². The van der Waals surface area contributed by atoms with Gasteiger partial charge in [0.15, 0.2) is 22.9 Å². The Hall–Kier alpha value is -2.90. The number of fused-ring (bicyclic) bond motifs is 1. The first-order valence-electron chi connectivity index (χ1n) is 11.8. The van der Waals surface area contributed by atoms with Gasteiger partial charge in [0, 0.05) is 15.3 Å². The molecule has 0 unspecified atom stereocenters. The second-order valence-corrected chi connectivity index (χ2v) is 11.4. The van der Waals surface area contributed by atoms with Gasteiger partial charge in [0.05, 0.1) is 40.0 Å². The lowest BCUT2D eigenvalue weighted by molar-refractivity contribution is -0.136. The van der Waals surface area contributed by atoms with Crippen molar-refractivity contribution < 1.29 is 23.7 Å².